The number of para-hydroxylation sites is 1. The van der Waals surface area contributed by atoms with Crippen molar-refractivity contribution in [1.29, 1.82) is 0 Å². The molecule has 146 valence electrons. The first-order chi connectivity index (χ1) is 14.0. The van der Waals surface area contributed by atoms with Gasteiger partial charge in [-0.3, -0.25) is 4.79 Å². The van der Waals surface area contributed by atoms with Crippen molar-refractivity contribution < 1.29 is 19.4 Å². The molecule has 3 aromatic carbocycles. The molecule has 0 atom stereocenters. The molecule has 0 radical (unpaired) electrons. The first kappa shape index (κ1) is 20.3. The quantitative estimate of drug-likeness (QED) is 0.408. The Morgan fingerprint density at radius 2 is 1.76 bits per heavy atom. The summed E-state index contributed by atoms with van der Waals surface area (Å²) in [7, 11) is 0. The van der Waals surface area contributed by atoms with E-state index in [0.29, 0.717) is 16.9 Å². The molecule has 0 unspecified atom stereocenters. The molecular formula is C22H17BrN2O4. The van der Waals surface area contributed by atoms with Gasteiger partial charge in [0.2, 0.25) is 0 Å². The van der Waals surface area contributed by atoms with Gasteiger partial charge in [-0.2, -0.15) is 5.10 Å². The summed E-state index contributed by atoms with van der Waals surface area (Å²) in [5, 5.41) is 13.0. The van der Waals surface area contributed by atoms with Crippen LogP contribution in [0.15, 0.2) is 82.4 Å². The molecule has 0 saturated carbocycles. The number of amides is 1. The number of benzene rings is 3. The van der Waals surface area contributed by atoms with Gasteiger partial charge in [-0.05, 0) is 48.0 Å². The molecule has 0 fully saturated rings. The summed E-state index contributed by atoms with van der Waals surface area (Å²) in [6, 6.07) is 20.8. The van der Waals surface area contributed by atoms with E-state index < -0.39 is 5.97 Å². The second-order valence-electron chi connectivity index (χ2n) is 6.04. The van der Waals surface area contributed by atoms with Crippen LogP contribution in [0.5, 0.6) is 5.75 Å². The smallest absolute Gasteiger partial charge is 0.335 e. The van der Waals surface area contributed by atoms with Crippen molar-refractivity contribution in [3.63, 3.8) is 0 Å². The van der Waals surface area contributed by atoms with Crippen molar-refractivity contribution in [2.24, 2.45) is 5.10 Å². The van der Waals surface area contributed by atoms with Gasteiger partial charge in [0.15, 0.2) is 0 Å². The largest absolute Gasteiger partial charge is 0.488 e. The van der Waals surface area contributed by atoms with Gasteiger partial charge < -0.3 is 9.84 Å². The van der Waals surface area contributed by atoms with Crippen molar-refractivity contribution in [3.05, 3.63) is 99.5 Å². The fourth-order valence-electron chi connectivity index (χ4n) is 2.48. The first-order valence-electron chi connectivity index (χ1n) is 8.66. The molecule has 0 aromatic heterocycles. The summed E-state index contributed by atoms with van der Waals surface area (Å²) in [6.07, 6.45) is 1.51. The van der Waals surface area contributed by atoms with Crippen LogP contribution in [0.25, 0.3) is 0 Å². The summed E-state index contributed by atoms with van der Waals surface area (Å²) in [5.74, 6) is -0.696. The van der Waals surface area contributed by atoms with Gasteiger partial charge in [0.05, 0.1) is 11.8 Å². The highest BCUT2D eigenvalue weighted by molar-refractivity contribution is 9.10. The second kappa shape index (κ2) is 9.66. The molecule has 0 saturated heterocycles. The summed E-state index contributed by atoms with van der Waals surface area (Å²) < 4.78 is 6.63. The van der Waals surface area contributed by atoms with E-state index in [1.165, 1.54) is 18.3 Å². The molecule has 3 rings (SSSR count). The molecule has 0 spiro atoms. The van der Waals surface area contributed by atoms with Gasteiger partial charge in [-0.1, -0.05) is 46.3 Å². The minimum Gasteiger partial charge on any atom is -0.488 e. The van der Waals surface area contributed by atoms with E-state index in [-0.39, 0.29) is 18.1 Å². The molecule has 7 heteroatoms. The van der Waals surface area contributed by atoms with Crippen LogP contribution in [-0.2, 0) is 6.61 Å². The Balaban J connectivity index is 1.63. The Morgan fingerprint density at radius 3 is 2.48 bits per heavy atom. The van der Waals surface area contributed by atoms with Gasteiger partial charge in [0.1, 0.15) is 12.4 Å². The van der Waals surface area contributed by atoms with Gasteiger partial charge in [0, 0.05) is 15.6 Å². The first-order valence-corrected chi connectivity index (χ1v) is 9.45. The molecule has 0 aliphatic rings. The van der Waals surface area contributed by atoms with Crippen LogP contribution in [0.3, 0.4) is 0 Å². The van der Waals surface area contributed by atoms with Gasteiger partial charge >= 0.3 is 5.97 Å². The molecular weight excluding hydrogens is 436 g/mol. The number of nitrogens with zero attached hydrogens (tertiary/aromatic N) is 1. The molecule has 0 heterocycles. The number of carboxylic acid groups (broad SMARTS) is 1. The lowest BCUT2D eigenvalue weighted by molar-refractivity contribution is 0.0696. The lowest BCUT2D eigenvalue weighted by Crippen LogP contribution is -2.17. The normalized spacial score (nSPS) is 10.7. The Kier molecular flexibility index (Phi) is 6.76. The lowest BCUT2D eigenvalue weighted by atomic mass is 10.1. The van der Waals surface area contributed by atoms with Crippen molar-refractivity contribution in [1.82, 2.24) is 5.43 Å². The van der Waals surface area contributed by atoms with Crippen LogP contribution in [0.2, 0.25) is 0 Å². The minimum atomic E-state index is -0.969. The molecule has 0 aliphatic heterocycles. The van der Waals surface area contributed by atoms with E-state index in [4.69, 9.17) is 9.84 Å². The molecule has 2 N–H and O–H groups in total. The number of hydrogen-bond donors (Lipinski definition) is 2. The molecule has 0 aliphatic carbocycles. The predicted molar refractivity (Wildman–Crippen MR) is 113 cm³/mol. The number of aromatic carboxylic acids is 1. The van der Waals surface area contributed by atoms with Crippen LogP contribution in [0, 0.1) is 0 Å². The Morgan fingerprint density at radius 1 is 1.00 bits per heavy atom. The Labute approximate surface area is 176 Å². The highest BCUT2D eigenvalue weighted by Gasteiger charge is 2.06. The van der Waals surface area contributed by atoms with Crippen LogP contribution in [0.1, 0.15) is 31.8 Å². The zero-order valence-electron chi connectivity index (χ0n) is 15.2. The summed E-state index contributed by atoms with van der Waals surface area (Å²) in [5.41, 5.74) is 4.74. The zero-order valence-corrected chi connectivity index (χ0v) is 16.8. The number of carbonyl (C=O) groups excluding carboxylic acids is 1. The maximum Gasteiger partial charge on any atom is 0.335 e. The van der Waals surface area contributed by atoms with Gasteiger partial charge in [0.25, 0.3) is 5.91 Å². The maximum absolute atomic E-state index is 12.1. The fraction of sp³-hybridized carbons (Fsp3) is 0.0455. The highest BCUT2D eigenvalue weighted by atomic mass is 79.9. The minimum absolute atomic E-state index is 0.225. The monoisotopic (exact) mass is 452 g/mol. The van der Waals surface area contributed by atoms with E-state index in [9.17, 15) is 9.59 Å². The Hall–Kier alpha value is -3.45. The SMILES string of the molecule is O=C(O)c1ccc(COc2ccccc2/C=N\NC(=O)c2cccc(Br)c2)cc1. The van der Waals surface area contributed by atoms with Gasteiger partial charge in [-0.25, -0.2) is 10.2 Å². The van der Waals surface area contributed by atoms with E-state index in [1.807, 2.05) is 24.3 Å². The number of hydrogen-bond acceptors (Lipinski definition) is 4. The molecule has 3 aromatic rings. The number of carbonyl (C=O) groups is 2. The van der Waals surface area contributed by atoms with E-state index in [2.05, 4.69) is 26.5 Å². The molecule has 0 bridgehead atoms. The number of rotatable bonds is 7. The van der Waals surface area contributed by atoms with Gasteiger partial charge in [-0.15, -0.1) is 0 Å². The van der Waals surface area contributed by atoms with Crippen molar-refractivity contribution in [2.75, 3.05) is 0 Å². The second-order valence-corrected chi connectivity index (χ2v) is 6.95. The molecule has 6 nitrogen and oxygen atoms in total. The van der Waals surface area contributed by atoms with Crippen LogP contribution >= 0.6 is 15.9 Å². The van der Waals surface area contributed by atoms with Crippen LogP contribution < -0.4 is 10.2 Å². The number of nitrogens with one attached hydrogen (secondary N) is 1. The number of hydrazone groups is 1. The summed E-state index contributed by atoms with van der Waals surface area (Å²) >= 11 is 3.33. The predicted octanol–water partition coefficient (Wildman–Crippen LogP) is 4.49. The van der Waals surface area contributed by atoms with E-state index in [0.717, 1.165) is 10.0 Å². The summed E-state index contributed by atoms with van der Waals surface area (Å²) in [4.78, 5) is 23.1. The maximum atomic E-state index is 12.1. The van der Waals surface area contributed by atoms with Crippen molar-refractivity contribution >= 4 is 34.0 Å². The third-order valence-electron chi connectivity index (χ3n) is 3.97. The third-order valence-corrected chi connectivity index (χ3v) is 4.46. The Bertz CT molecular complexity index is 1050. The number of ether oxygens (including phenoxy) is 1. The summed E-state index contributed by atoms with van der Waals surface area (Å²) in [6.45, 7) is 0.273. The lowest BCUT2D eigenvalue weighted by Gasteiger charge is -2.09. The number of halogens is 1. The van der Waals surface area contributed by atoms with Crippen molar-refractivity contribution in [3.8, 4) is 5.75 Å². The highest BCUT2D eigenvalue weighted by Crippen LogP contribution is 2.18. The average molecular weight is 453 g/mol. The number of carboxylic acids is 1. The van der Waals surface area contributed by atoms with Crippen LogP contribution in [0.4, 0.5) is 0 Å². The standard InChI is InChI=1S/C22H17BrN2O4/c23-19-6-3-5-17(12-19)21(26)25-24-13-18-4-1-2-7-20(18)29-14-15-8-10-16(11-9-15)22(27)28/h1-13H,14H2,(H,25,26)(H,27,28)/b24-13-. The van der Waals surface area contributed by atoms with Crippen LogP contribution in [-0.4, -0.2) is 23.2 Å². The van der Waals surface area contributed by atoms with E-state index >= 15 is 0 Å². The topological polar surface area (TPSA) is 88.0 Å². The fourth-order valence-corrected chi connectivity index (χ4v) is 2.88. The van der Waals surface area contributed by atoms with E-state index in [1.54, 1.807) is 36.4 Å². The third kappa shape index (κ3) is 5.76. The zero-order chi connectivity index (χ0) is 20.6. The molecule has 29 heavy (non-hydrogen) atoms. The average Bonchev–Trinajstić information content (AvgIpc) is 2.73. The van der Waals surface area contributed by atoms with Crippen molar-refractivity contribution in [2.45, 2.75) is 6.61 Å². The molecule has 1 amide bonds.